The van der Waals surface area contributed by atoms with E-state index >= 15 is 0 Å². The Bertz CT molecular complexity index is 554. The first-order valence-corrected chi connectivity index (χ1v) is 9.36. The molecule has 22 heavy (non-hydrogen) atoms. The van der Waals surface area contributed by atoms with Crippen molar-refractivity contribution < 1.29 is 9.90 Å². The van der Waals surface area contributed by atoms with Gasteiger partial charge in [-0.2, -0.15) is 0 Å². The third-order valence-electron chi connectivity index (χ3n) is 8.00. The largest absolute Gasteiger partial charge is 0.393 e. The number of hydrogen-bond donors (Lipinski definition) is 1. The summed E-state index contributed by atoms with van der Waals surface area (Å²) in [5, 5.41) is 11.0. The maximum Gasteiger partial charge on any atom is 0.174 e. The van der Waals surface area contributed by atoms with E-state index < -0.39 is 0 Å². The van der Waals surface area contributed by atoms with E-state index in [4.69, 9.17) is 11.6 Å². The molecule has 0 aromatic heterocycles. The molecule has 0 radical (unpaired) electrons. The summed E-state index contributed by atoms with van der Waals surface area (Å²) in [6.45, 7) is 4.68. The van der Waals surface area contributed by atoms with E-state index in [2.05, 4.69) is 13.8 Å². The summed E-state index contributed by atoms with van der Waals surface area (Å²) in [5.74, 6) is 2.18. The first-order chi connectivity index (χ1) is 10.4. The summed E-state index contributed by atoms with van der Waals surface area (Å²) in [4.78, 5) is 12.0. The third kappa shape index (κ3) is 1.80. The first kappa shape index (κ1) is 15.2. The lowest BCUT2D eigenvalue weighted by atomic mass is 9.47. The number of allylic oxidation sites excluding steroid dienone is 1. The number of ketones is 1. The number of carbonyl (C=O) groups excluding carboxylic acids is 1. The van der Waals surface area contributed by atoms with Crippen LogP contribution in [0.15, 0.2) is 10.6 Å². The SMILES string of the molecule is C[C@]12CC[C@H]3[C@@H](CCC4=C(Cl)C(=O)CC[C@@]43C)[C@@H]1CC[C@@H]2O. The topological polar surface area (TPSA) is 37.3 Å². The van der Waals surface area contributed by atoms with Gasteiger partial charge < -0.3 is 5.11 Å². The number of rotatable bonds is 0. The van der Waals surface area contributed by atoms with Crippen LogP contribution in [-0.2, 0) is 4.79 Å². The van der Waals surface area contributed by atoms with Gasteiger partial charge in [0.15, 0.2) is 5.78 Å². The third-order valence-corrected chi connectivity index (χ3v) is 8.44. The van der Waals surface area contributed by atoms with Crippen molar-refractivity contribution in [2.75, 3.05) is 0 Å². The average molecular weight is 323 g/mol. The van der Waals surface area contributed by atoms with E-state index in [-0.39, 0.29) is 22.7 Å². The van der Waals surface area contributed by atoms with E-state index in [1.807, 2.05) is 0 Å². The van der Waals surface area contributed by atoms with Crippen molar-refractivity contribution in [2.45, 2.75) is 71.3 Å². The monoisotopic (exact) mass is 322 g/mol. The van der Waals surface area contributed by atoms with Crippen LogP contribution in [0.4, 0.5) is 0 Å². The molecule has 4 aliphatic rings. The second-order valence-electron chi connectivity index (χ2n) is 8.69. The number of fused-ring (bicyclic) bond motifs is 5. The Morgan fingerprint density at radius 2 is 1.82 bits per heavy atom. The molecule has 6 atom stereocenters. The van der Waals surface area contributed by atoms with Crippen LogP contribution in [0.2, 0.25) is 0 Å². The normalized spacial score (nSPS) is 51.4. The van der Waals surface area contributed by atoms with Gasteiger partial charge in [0.25, 0.3) is 0 Å². The number of aliphatic hydroxyl groups excluding tert-OH is 1. The predicted molar refractivity (Wildman–Crippen MR) is 87.5 cm³/mol. The molecule has 122 valence electrons. The van der Waals surface area contributed by atoms with Crippen molar-refractivity contribution in [1.82, 2.24) is 0 Å². The molecule has 3 fully saturated rings. The van der Waals surface area contributed by atoms with Gasteiger partial charge in [0.2, 0.25) is 0 Å². The minimum Gasteiger partial charge on any atom is -0.393 e. The molecule has 0 aliphatic heterocycles. The van der Waals surface area contributed by atoms with Crippen LogP contribution in [0, 0.1) is 28.6 Å². The van der Waals surface area contributed by atoms with Crippen molar-refractivity contribution in [3.63, 3.8) is 0 Å². The molecular formula is C19H27ClO2. The van der Waals surface area contributed by atoms with E-state index in [9.17, 15) is 9.90 Å². The highest BCUT2D eigenvalue weighted by Gasteiger charge is 2.59. The average Bonchev–Trinajstić information content (AvgIpc) is 2.79. The Morgan fingerprint density at radius 3 is 2.59 bits per heavy atom. The lowest BCUT2D eigenvalue weighted by Gasteiger charge is -2.57. The lowest BCUT2D eigenvalue weighted by molar-refractivity contribution is -0.118. The summed E-state index contributed by atoms with van der Waals surface area (Å²) in [7, 11) is 0. The maximum absolute atomic E-state index is 12.0. The van der Waals surface area contributed by atoms with E-state index in [0.717, 1.165) is 32.1 Å². The second kappa shape index (κ2) is 4.83. The van der Waals surface area contributed by atoms with E-state index in [1.54, 1.807) is 0 Å². The van der Waals surface area contributed by atoms with Gasteiger partial charge >= 0.3 is 0 Å². The number of aliphatic hydroxyl groups is 1. The van der Waals surface area contributed by atoms with Crippen LogP contribution in [0.3, 0.4) is 0 Å². The molecule has 0 unspecified atom stereocenters. The van der Waals surface area contributed by atoms with Gasteiger partial charge in [-0.3, -0.25) is 4.79 Å². The fourth-order valence-electron chi connectivity index (χ4n) is 6.62. The number of carbonyl (C=O) groups is 1. The van der Waals surface area contributed by atoms with Gasteiger partial charge in [-0.15, -0.1) is 0 Å². The fraction of sp³-hybridized carbons (Fsp3) is 0.842. The molecule has 0 aromatic carbocycles. The summed E-state index contributed by atoms with van der Waals surface area (Å²) in [5.41, 5.74) is 1.52. The van der Waals surface area contributed by atoms with Crippen LogP contribution in [0.5, 0.6) is 0 Å². The van der Waals surface area contributed by atoms with Crippen molar-refractivity contribution >= 4 is 17.4 Å². The molecule has 0 saturated heterocycles. The zero-order valence-corrected chi connectivity index (χ0v) is 14.5. The van der Waals surface area contributed by atoms with Crippen LogP contribution in [-0.4, -0.2) is 17.0 Å². The second-order valence-corrected chi connectivity index (χ2v) is 9.06. The summed E-state index contributed by atoms with van der Waals surface area (Å²) < 4.78 is 0. The maximum atomic E-state index is 12.0. The Hall–Kier alpha value is -0.340. The minimum absolute atomic E-state index is 0.111. The van der Waals surface area contributed by atoms with Gasteiger partial charge in [0.05, 0.1) is 11.1 Å². The van der Waals surface area contributed by atoms with Crippen LogP contribution in [0.25, 0.3) is 0 Å². The Balaban J connectivity index is 1.72. The molecule has 0 spiro atoms. The van der Waals surface area contributed by atoms with E-state index in [1.165, 1.54) is 18.4 Å². The highest BCUT2D eigenvalue weighted by Crippen LogP contribution is 2.65. The van der Waals surface area contributed by atoms with Gasteiger partial charge in [-0.1, -0.05) is 25.4 Å². The molecule has 4 aliphatic carbocycles. The van der Waals surface area contributed by atoms with Crippen molar-refractivity contribution in [1.29, 1.82) is 0 Å². The van der Waals surface area contributed by atoms with Gasteiger partial charge in [0.1, 0.15) is 0 Å². The molecule has 3 saturated carbocycles. The molecule has 2 nitrogen and oxygen atoms in total. The van der Waals surface area contributed by atoms with Crippen molar-refractivity contribution in [3.8, 4) is 0 Å². The molecular weight excluding hydrogens is 296 g/mol. The first-order valence-electron chi connectivity index (χ1n) is 8.98. The highest BCUT2D eigenvalue weighted by molar-refractivity contribution is 6.43. The number of halogens is 1. The van der Waals surface area contributed by atoms with Gasteiger partial charge in [0, 0.05) is 6.42 Å². The van der Waals surface area contributed by atoms with Crippen LogP contribution < -0.4 is 0 Å². The Morgan fingerprint density at radius 1 is 1.05 bits per heavy atom. The standard InChI is InChI=1S/C19H27ClO2/c1-18-10-8-15(21)17(20)14(18)4-3-11-12-5-6-16(22)19(12,2)9-7-13(11)18/h11-13,16,22H,3-10H2,1-2H3/t11-,12-,13-,16-,18+,19-/m0/s1. The smallest absolute Gasteiger partial charge is 0.174 e. The molecule has 0 heterocycles. The lowest BCUT2D eigenvalue weighted by Crippen LogP contribution is -2.51. The summed E-state index contributed by atoms with van der Waals surface area (Å²) in [6, 6.07) is 0. The molecule has 4 rings (SSSR count). The van der Waals surface area contributed by atoms with Crippen LogP contribution in [0.1, 0.15) is 65.2 Å². The van der Waals surface area contributed by atoms with Crippen molar-refractivity contribution in [2.24, 2.45) is 28.6 Å². The molecule has 0 aromatic rings. The number of Topliss-reactive ketones (excluding diaryl/α,β-unsaturated/α-hetero) is 1. The quantitative estimate of drug-likeness (QED) is 0.715. The highest BCUT2D eigenvalue weighted by atomic mass is 35.5. The summed E-state index contributed by atoms with van der Waals surface area (Å²) >= 11 is 6.41. The van der Waals surface area contributed by atoms with Gasteiger partial charge in [-0.05, 0) is 79.1 Å². The Labute approximate surface area is 138 Å². The number of hydrogen-bond acceptors (Lipinski definition) is 2. The van der Waals surface area contributed by atoms with Crippen LogP contribution >= 0.6 is 11.6 Å². The zero-order chi connectivity index (χ0) is 15.7. The Kier molecular flexibility index (Phi) is 3.34. The van der Waals surface area contributed by atoms with Crippen molar-refractivity contribution in [3.05, 3.63) is 10.6 Å². The molecule has 0 bridgehead atoms. The van der Waals surface area contributed by atoms with E-state index in [0.29, 0.717) is 29.2 Å². The molecule has 3 heteroatoms. The fourth-order valence-corrected chi connectivity index (χ4v) is 7.03. The zero-order valence-electron chi connectivity index (χ0n) is 13.7. The summed E-state index contributed by atoms with van der Waals surface area (Å²) in [6.07, 6.45) is 8.11. The predicted octanol–water partition coefficient (Wildman–Crippen LogP) is 4.45. The molecule has 0 amide bonds. The minimum atomic E-state index is -0.111. The van der Waals surface area contributed by atoms with Gasteiger partial charge in [-0.25, -0.2) is 0 Å². The molecule has 1 N–H and O–H groups in total.